The molecule has 0 bridgehead atoms. The van der Waals surface area contributed by atoms with E-state index in [2.05, 4.69) is 11.9 Å². The first-order chi connectivity index (χ1) is 12.1. The van der Waals surface area contributed by atoms with Gasteiger partial charge in [0.1, 0.15) is 11.5 Å². The summed E-state index contributed by atoms with van der Waals surface area (Å²) < 4.78 is 15.6. The zero-order valence-corrected chi connectivity index (χ0v) is 14.5. The quantitative estimate of drug-likeness (QED) is 0.418. The summed E-state index contributed by atoms with van der Waals surface area (Å²) >= 11 is 0. The van der Waals surface area contributed by atoms with E-state index in [9.17, 15) is 4.79 Å². The molecular weight excluding hydrogens is 322 g/mol. The van der Waals surface area contributed by atoms with Crippen molar-refractivity contribution in [1.82, 2.24) is 0 Å². The number of nitrogens with zero attached hydrogens (tertiary/aromatic N) is 1. The van der Waals surface area contributed by atoms with Crippen LogP contribution >= 0.6 is 0 Å². The van der Waals surface area contributed by atoms with Crippen LogP contribution in [0.25, 0.3) is 0 Å². The van der Waals surface area contributed by atoms with Crippen LogP contribution in [-0.2, 0) is 20.0 Å². The molecule has 0 amide bonds. The molecule has 0 saturated carbocycles. The molecule has 25 heavy (non-hydrogen) atoms. The largest absolute Gasteiger partial charge is 0.497 e. The molecule has 0 aliphatic rings. The molecule has 0 fully saturated rings. The molecular formula is C19H21NO5. The highest BCUT2D eigenvalue weighted by atomic mass is 16.7. The monoisotopic (exact) mass is 343 g/mol. The van der Waals surface area contributed by atoms with E-state index in [1.165, 1.54) is 0 Å². The molecule has 0 aromatic heterocycles. The Labute approximate surface area is 147 Å². The van der Waals surface area contributed by atoms with Crippen molar-refractivity contribution in [1.29, 1.82) is 0 Å². The van der Waals surface area contributed by atoms with Gasteiger partial charge in [-0.15, -0.1) is 5.16 Å². The van der Waals surface area contributed by atoms with E-state index in [4.69, 9.17) is 19.0 Å². The smallest absolute Gasteiger partial charge is 0.363 e. The molecule has 0 atom stereocenters. The fraction of sp³-hybridized carbons (Fsp3) is 0.263. The third-order valence-corrected chi connectivity index (χ3v) is 3.76. The van der Waals surface area contributed by atoms with Gasteiger partial charge in [0.05, 0.1) is 20.8 Å². The molecule has 0 aliphatic heterocycles. The van der Waals surface area contributed by atoms with Gasteiger partial charge in [-0.2, -0.15) is 0 Å². The Bertz CT molecular complexity index is 662. The molecule has 0 aliphatic carbocycles. The normalized spacial score (nSPS) is 10.7. The van der Waals surface area contributed by atoms with Gasteiger partial charge >= 0.3 is 5.97 Å². The number of oxime groups is 1. The highest BCUT2D eigenvalue weighted by Crippen LogP contribution is 2.37. The van der Waals surface area contributed by atoms with Crippen molar-refractivity contribution in [3.63, 3.8) is 0 Å². The van der Waals surface area contributed by atoms with Gasteiger partial charge in [-0.3, -0.25) is 0 Å². The molecule has 0 radical (unpaired) electrons. The van der Waals surface area contributed by atoms with E-state index < -0.39 is 11.6 Å². The van der Waals surface area contributed by atoms with E-state index >= 15 is 0 Å². The summed E-state index contributed by atoms with van der Waals surface area (Å²) in [5.74, 6) is 0.725. The highest BCUT2D eigenvalue weighted by molar-refractivity contribution is 5.86. The predicted octanol–water partition coefficient (Wildman–Crippen LogP) is 3.14. The maximum atomic E-state index is 12.9. The summed E-state index contributed by atoms with van der Waals surface area (Å²) in [7, 11) is 3.14. The Morgan fingerprint density at radius 1 is 0.960 bits per heavy atom. The number of rotatable bonds is 8. The van der Waals surface area contributed by atoms with Crippen molar-refractivity contribution in [3.05, 3.63) is 59.7 Å². The zero-order chi connectivity index (χ0) is 18.3. The SMILES string of the molecule is C=NOC(C(=O)OCC)(c1ccc(OC)cc1)c1ccc(OC)cc1. The van der Waals surface area contributed by atoms with Crippen molar-refractivity contribution in [3.8, 4) is 11.5 Å². The molecule has 2 rings (SSSR count). The van der Waals surface area contributed by atoms with Crippen molar-refractivity contribution < 1.29 is 23.8 Å². The third kappa shape index (κ3) is 3.57. The fourth-order valence-corrected chi connectivity index (χ4v) is 2.53. The van der Waals surface area contributed by atoms with Crippen LogP contribution in [0.4, 0.5) is 0 Å². The van der Waals surface area contributed by atoms with Crippen LogP contribution in [0.3, 0.4) is 0 Å². The lowest BCUT2D eigenvalue weighted by Crippen LogP contribution is -2.40. The summed E-state index contributed by atoms with van der Waals surface area (Å²) in [5, 5.41) is 3.54. The van der Waals surface area contributed by atoms with Gasteiger partial charge in [-0.25, -0.2) is 4.79 Å². The predicted molar refractivity (Wildman–Crippen MR) is 94.0 cm³/mol. The van der Waals surface area contributed by atoms with E-state index in [-0.39, 0.29) is 6.61 Å². The number of ether oxygens (including phenoxy) is 3. The van der Waals surface area contributed by atoms with Gasteiger partial charge in [0, 0.05) is 17.8 Å². The van der Waals surface area contributed by atoms with E-state index in [1.807, 2.05) is 0 Å². The summed E-state index contributed by atoms with van der Waals surface area (Å²) in [5.41, 5.74) is -0.482. The maximum absolute atomic E-state index is 12.9. The molecule has 132 valence electrons. The maximum Gasteiger partial charge on any atom is 0.363 e. The number of methoxy groups -OCH3 is 2. The lowest BCUT2D eigenvalue weighted by Gasteiger charge is -2.30. The van der Waals surface area contributed by atoms with Crippen LogP contribution in [0.2, 0.25) is 0 Å². The third-order valence-electron chi connectivity index (χ3n) is 3.76. The van der Waals surface area contributed by atoms with Crippen molar-refractivity contribution in [2.75, 3.05) is 20.8 Å². The Morgan fingerprint density at radius 2 is 1.40 bits per heavy atom. The lowest BCUT2D eigenvalue weighted by molar-refractivity contribution is -0.168. The van der Waals surface area contributed by atoms with Crippen LogP contribution in [0.1, 0.15) is 18.1 Å². The minimum atomic E-state index is -1.57. The Balaban J connectivity index is 2.64. The number of carbonyl (C=O) groups is 1. The number of benzene rings is 2. The highest BCUT2D eigenvalue weighted by Gasteiger charge is 2.47. The summed E-state index contributed by atoms with van der Waals surface area (Å²) in [6, 6.07) is 13.9. The number of carbonyl (C=O) groups excluding carboxylic acids is 1. The van der Waals surface area contributed by atoms with Crippen LogP contribution < -0.4 is 9.47 Å². The van der Waals surface area contributed by atoms with Crippen molar-refractivity contribution in [2.24, 2.45) is 5.16 Å². The van der Waals surface area contributed by atoms with Gasteiger partial charge in [0.25, 0.3) is 5.60 Å². The molecule has 6 nitrogen and oxygen atoms in total. The Morgan fingerprint density at radius 3 is 1.72 bits per heavy atom. The van der Waals surface area contributed by atoms with Crippen molar-refractivity contribution in [2.45, 2.75) is 12.5 Å². The Hall–Kier alpha value is -3.02. The molecule has 0 saturated heterocycles. The lowest BCUT2D eigenvalue weighted by atomic mass is 9.86. The number of esters is 1. The van der Waals surface area contributed by atoms with Gasteiger partial charge in [0.15, 0.2) is 0 Å². The zero-order valence-electron chi connectivity index (χ0n) is 14.5. The topological polar surface area (TPSA) is 66.4 Å². The van der Waals surface area contributed by atoms with Gasteiger partial charge in [0.2, 0.25) is 0 Å². The first-order valence-electron chi connectivity index (χ1n) is 7.72. The second-order valence-electron chi connectivity index (χ2n) is 5.08. The van der Waals surface area contributed by atoms with Gasteiger partial charge < -0.3 is 19.0 Å². The number of hydrogen-bond acceptors (Lipinski definition) is 6. The summed E-state index contributed by atoms with van der Waals surface area (Å²) in [6.45, 7) is 5.31. The number of hydrogen-bond donors (Lipinski definition) is 0. The minimum absolute atomic E-state index is 0.202. The second-order valence-corrected chi connectivity index (χ2v) is 5.08. The summed E-state index contributed by atoms with van der Waals surface area (Å²) in [4.78, 5) is 18.4. The van der Waals surface area contributed by atoms with E-state index in [0.717, 1.165) is 0 Å². The van der Waals surface area contributed by atoms with Crippen LogP contribution in [-0.4, -0.2) is 33.5 Å². The van der Waals surface area contributed by atoms with Crippen LogP contribution in [0.15, 0.2) is 53.7 Å². The molecule has 6 heteroatoms. The van der Waals surface area contributed by atoms with E-state index in [1.54, 1.807) is 69.7 Å². The van der Waals surface area contributed by atoms with E-state index in [0.29, 0.717) is 22.6 Å². The minimum Gasteiger partial charge on any atom is -0.497 e. The molecule has 2 aromatic carbocycles. The Kier molecular flexibility index (Phi) is 6.00. The van der Waals surface area contributed by atoms with Crippen LogP contribution in [0.5, 0.6) is 11.5 Å². The second kappa shape index (κ2) is 8.19. The molecule has 0 heterocycles. The summed E-state index contributed by atoms with van der Waals surface area (Å²) in [6.07, 6.45) is 0. The molecule has 2 aromatic rings. The molecule has 0 spiro atoms. The fourth-order valence-electron chi connectivity index (χ4n) is 2.53. The molecule has 0 unspecified atom stereocenters. The van der Waals surface area contributed by atoms with Gasteiger partial charge in [-0.05, 0) is 31.2 Å². The standard InChI is InChI=1S/C19H21NO5/c1-5-24-18(21)19(25-20-2,14-6-10-16(22-3)11-7-14)15-8-12-17(23-4)13-9-15/h6-13H,2,5H2,1,3-4H3. The first kappa shape index (κ1) is 18.3. The molecule has 0 N–H and O–H groups in total. The average molecular weight is 343 g/mol. The van der Waals surface area contributed by atoms with Crippen LogP contribution in [0, 0.1) is 0 Å². The average Bonchev–Trinajstić information content (AvgIpc) is 2.66. The first-order valence-corrected chi connectivity index (χ1v) is 7.72. The van der Waals surface area contributed by atoms with Gasteiger partial charge in [-0.1, -0.05) is 24.3 Å². The van der Waals surface area contributed by atoms with Crippen molar-refractivity contribution >= 4 is 12.7 Å².